The summed E-state index contributed by atoms with van der Waals surface area (Å²) in [7, 11) is 0. The van der Waals surface area contributed by atoms with Crippen molar-refractivity contribution < 1.29 is 9.18 Å². The highest BCUT2D eigenvalue weighted by Crippen LogP contribution is 2.32. The minimum atomic E-state index is -0.475. The lowest BCUT2D eigenvalue weighted by Gasteiger charge is -2.20. The topological polar surface area (TPSA) is 86.9 Å². The smallest absolute Gasteiger partial charge is 0.258 e. The van der Waals surface area contributed by atoms with Crippen LogP contribution in [-0.2, 0) is 0 Å². The first-order valence-electron chi connectivity index (χ1n) is 8.40. The number of carbonyl (C=O) groups excluding carboxylic acids is 1. The molecule has 0 saturated carbocycles. The summed E-state index contributed by atoms with van der Waals surface area (Å²) in [5, 5.41) is 7.07. The molecule has 1 amide bonds. The molecule has 26 heavy (non-hydrogen) atoms. The van der Waals surface area contributed by atoms with Gasteiger partial charge in [-0.15, -0.1) is 11.3 Å². The molecular weight excluding hydrogens is 355 g/mol. The van der Waals surface area contributed by atoms with Gasteiger partial charge in [-0.3, -0.25) is 14.9 Å². The lowest BCUT2D eigenvalue weighted by molar-refractivity contribution is 0.102. The van der Waals surface area contributed by atoms with Crippen LogP contribution in [0.5, 0.6) is 0 Å². The Kier molecular flexibility index (Phi) is 4.52. The Bertz CT molecular complexity index is 1020. The Morgan fingerprint density at radius 3 is 2.88 bits per heavy atom. The summed E-state index contributed by atoms with van der Waals surface area (Å²) < 4.78 is 13.4. The molecule has 4 rings (SSSR count). The Hall–Kier alpha value is -2.58. The predicted molar refractivity (Wildman–Crippen MR) is 99.4 cm³/mol. The van der Waals surface area contributed by atoms with Gasteiger partial charge in [0.1, 0.15) is 5.82 Å². The molecule has 0 radical (unpaired) electrons. The van der Waals surface area contributed by atoms with E-state index in [1.54, 1.807) is 0 Å². The molecule has 6 nitrogen and oxygen atoms in total. The Labute approximate surface area is 152 Å². The van der Waals surface area contributed by atoms with Crippen LogP contribution in [0, 0.1) is 5.82 Å². The number of nitrogens with zero attached hydrogens (tertiary/aromatic N) is 1. The van der Waals surface area contributed by atoms with Crippen LogP contribution in [-0.4, -0.2) is 29.0 Å². The number of anilines is 1. The number of thiazole rings is 1. The summed E-state index contributed by atoms with van der Waals surface area (Å²) >= 11 is 1.46. The average Bonchev–Trinajstić information content (AvgIpc) is 3.10. The molecule has 3 heterocycles. The zero-order valence-corrected chi connectivity index (χ0v) is 14.7. The molecule has 3 aromatic rings. The lowest BCUT2D eigenvalue weighted by atomic mass is 9.97. The van der Waals surface area contributed by atoms with Crippen LogP contribution in [0.1, 0.15) is 34.0 Å². The third-order valence-electron chi connectivity index (χ3n) is 4.54. The first-order valence-corrected chi connectivity index (χ1v) is 9.22. The fourth-order valence-corrected chi connectivity index (χ4v) is 4.20. The van der Waals surface area contributed by atoms with E-state index < -0.39 is 17.3 Å². The molecule has 1 fully saturated rings. The molecule has 0 aliphatic carbocycles. The normalized spacial score (nSPS) is 15.3. The van der Waals surface area contributed by atoms with Crippen LogP contribution < -0.4 is 16.2 Å². The van der Waals surface area contributed by atoms with Gasteiger partial charge in [0, 0.05) is 22.5 Å². The standard InChI is InChI=1S/C18H17FN4O2S/c19-11-1-2-12-13(8-16(24)22-14(12)7-11)17(25)23-18-21-9-15(26-18)10-3-5-20-6-4-10/h1-2,7-10,20H,3-6H2,(H,22,24)(H,21,23,25). The molecule has 2 aromatic heterocycles. The van der Waals surface area contributed by atoms with E-state index in [2.05, 4.69) is 20.6 Å². The minimum Gasteiger partial charge on any atom is -0.322 e. The van der Waals surface area contributed by atoms with Crippen LogP contribution in [0.25, 0.3) is 10.9 Å². The number of piperidine rings is 1. The van der Waals surface area contributed by atoms with Crippen molar-refractivity contribution in [2.24, 2.45) is 0 Å². The summed E-state index contributed by atoms with van der Waals surface area (Å²) in [4.78, 5) is 32.4. The summed E-state index contributed by atoms with van der Waals surface area (Å²) in [5.74, 6) is -0.445. The summed E-state index contributed by atoms with van der Waals surface area (Å²) in [6.07, 6.45) is 3.92. The first kappa shape index (κ1) is 16.9. The zero-order chi connectivity index (χ0) is 18.1. The quantitative estimate of drug-likeness (QED) is 0.660. The van der Waals surface area contributed by atoms with Crippen molar-refractivity contribution in [1.82, 2.24) is 15.3 Å². The van der Waals surface area contributed by atoms with Gasteiger partial charge in [0.15, 0.2) is 5.13 Å². The number of hydrogen-bond donors (Lipinski definition) is 3. The van der Waals surface area contributed by atoms with Gasteiger partial charge in [-0.25, -0.2) is 9.37 Å². The molecule has 1 aliphatic heterocycles. The summed E-state index contributed by atoms with van der Waals surface area (Å²) in [6.45, 7) is 1.97. The van der Waals surface area contributed by atoms with E-state index >= 15 is 0 Å². The largest absolute Gasteiger partial charge is 0.322 e. The number of fused-ring (bicyclic) bond motifs is 1. The highest BCUT2D eigenvalue weighted by molar-refractivity contribution is 7.15. The number of nitrogens with one attached hydrogen (secondary N) is 3. The van der Waals surface area contributed by atoms with Crippen LogP contribution in [0.4, 0.5) is 9.52 Å². The van der Waals surface area contributed by atoms with E-state index in [-0.39, 0.29) is 11.1 Å². The third kappa shape index (κ3) is 3.38. The van der Waals surface area contributed by atoms with Crippen molar-refractivity contribution in [2.75, 3.05) is 18.4 Å². The number of hydrogen-bond acceptors (Lipinski definition) is 5. The lowest BCUT2D eigenvalue weighted by Crippen LogP contribution is -2.26. The van der Waals surface area contributed by atoms with Crippen molar-refractivity contribution in [3.63, 3.8) is 0 Å². The molecule has 8 heteroatoms. The maximum absolute atomic E-state index is 13.4. The van der Waals surface area contributed by atoms with Crippen LogP contribution >= 0.6 is 11.3 Å². The number of amides is 1. The van der Waals surface area contributed by atoms with Crippen molar-refractivity contribution in [2.45, 2.75) is 18.8 Å². The van der Waals surface area contributed by atoms with Crippen molar-refractivity contribution in [1.29, 1.82) is 0 Å². The molecule has 0 bridgehead atoms. The number of pyridine rings is 1. The minimum absolute atomic E-state index is 0.197. The summed E-state index contributed by atoms with van der Waals surface area (Å²) in [5.41, 5.74) is 0.0299. The van der Waals surface area contributed by atoms with Gasteiger partial charge in [-0.1, -0.05) is 0 Å². The second-order valence-corrected chi connectivity index (χ2v) is 7.35. The maximum Gasteiger partial charge on any atom is 0.258 e. The van der Waals surface area contributed by atoms with E-state index in [1.165, 1.54) is 35.6 Å². The number of benzene rings is 1. The SMILES string of the molecule is O=C(Nc1ncc(C2CCNCC2)s1)c1cc(=O)[nH]c2cc(F)ccc12. The van der Waals surface area contributed by atoms with E-state index in [9.17, 15) is 14.0 Å². The molecule has 134 valence electrons. The molecule has 1 aromatic carbocycles. The number of halogens is 1. The number of aromatic amines is 1. The Morgan fingerprint density at radius 1 is 1.27 bits per heavy atom. The van der Waals surface area contributed by atoms with Gasteiger partial charge < -0.3 is 10.3 Å². The highest BCUT2D eigenvalue weighted by atomic mass is 32.1. The van der Waals surface area contributed by atoms with Crippen molar-refractivity contribution in [3.05, 3.63) is 57.1 Å². The van der Waals surface area contributed by atoms with E-state index in [0.29, 0.717) is 16.4 Å². The third-order valence-corrected chi connectivity index (χ3v) is 5.61. The Balaban J connectivity index is 1.60. The second kappa shape index (κ2) is 6.97. The number of aromatic nitrogens is 2. The molecule has 0 spiro atoms. The number of H-pyrrole nitrogens is 1. The molecular formula is C18H17FN4O2S. The maximum atomic E-state index is 13.4. The predicted octanol–water partition coefficient (Wildman–Crippen LogP) is 2.84. The van der Waals surface area contributed by atoms with Gasteiger partial charge in [0.2, 0.25) is 5.56 Å². The zero-order valence-electron chi connectivity index (χ0n) is 13.8. The fourth-order valence-electron chi connectivity index (χ4n) is 3.22. The van der Waals surface area contributed by atoms with Gasteiger partial charge in [0.25, 0.3) is 5.91 Å². The van der Waals surface area contributed by atoms with Crippen LogP contribution in [0.3, 0.4) is 0 Å². The molecule has 3 N–H and O–H groups in total. The molecule has 0 unspecified atom stereocenters. The van der Waals surface area contributed by atoms with Gasteiger partial charge in [0.05, 0.1) is 11.1 Å². The van der Waals surface area contributed by atoms with Crippen LogP contribution in [0.15, 0.2) is 35.3 Å². The van der Waals surface area contributed by atoms with Gasteiger partial charge >= 0.3 is 0 Å². The average molecular weight is 372 g/mol. The van der Waals surface area contributed by atoms with Gasteiger partial charge in [-0.2, -0.15) is 0 Å². The van der Waals surface area contributed by atoms with E-state index in [4.69, 9.17) is 0 Å². The van der Waals surface area contributed by atoms with Crippen molar-refractivity contribution >= 4 is 33.3 Å². The fraction of sp³-hybridized carbons (Fsp3) is 0.278. The van der Waals surface area contributed by atoms with Gasteiger partial charge in [-0.05, 0) is 50.0 Å². The second-order valence-electron chi connectivity index (χ2n) is 6.28. The monoisotopic (exact) mass is 372 g/mol. The number of rotatable bonds is 3. The van der Waals surface area contributed by atoms with E-state index in [1.807, 2.05) is 6.20 Å². The number of carbonyl (C=O) groups is 1. The molecule has 0 atom stereocenters. The van der Waals surface area contributed by atoms with E-state index in [0.717, 1.165) is 30.8 Å². The van der Waals surface area contributed by atoms with Crippen LogP contribution in [0.2, 0.25) is 0 Å². The molecule has 1 aliphatic rings. The highest BCUT2D eigenvalue weighted by Gasteiger charge is 2.19. The Morgan fingerprint density at radius 2 is 2.08 bits per heavy atom. The molecule has 1 saturated heterocycles. The first-order chi connectivity index (χ1) is 12.6. The van der Waals surface area contributed by atoms with Crippen molar-refractivity contribution in [3.8, 4) is 0 Å². The summed E-state index contributed by atoms with van der Waals surface area (Å²) in [6, 6.07) is 5.16.